The Morgan fingerprint density at radius 3 is 2.30 bits per heavy atom. The molecule has 0 spiro atoms. The molecule has 3 rings (SSSR count). The lowest BCUT2D eigenvalue weighted by atomic mass is 10.1. The van der Waals surface area contributed by atoms with Gasteiger partial charge in [0.2, 0.25) is 0 Å². The third-order valence-electron chi connectivity index (χ3n) is 4.51. The number of thiazole rings is 1. The van der Waals surface area contributed by atoms with Gasteiger partial charge < -0.3 is 29.7 Å². The Balaban J connectivity index is 1.67. The Kier molecular flexibility index (Phi) is 6.23. The Morgan fingerprint density at radius 2 is 1.78 bits per heavy atom. The Labute approximate surface area is 163 Å². The zero-order chi connectivity index (χ0) is 19.2. The molecule has 1 aromatic heterocycles. The summed E-state index contributed by atoms with van der Waals surface area (Å²) in [6, 6.07) is 3.63. The number of guanidine groups is 1. The van der Waals surface area contributed by atoms with Gasteiger partial charge in [0, 0.05) is 49.9 Å². The van der Waals surface area contributed by atoms with E-state index in [1.807, 2.05) is 23.7 Å². The maximum Gasteiger partial charge on any atom is 0.191 e. The molecule has 0 aliphatic carbocycles. The molecule has 27 heavy (non-hydrogen) atoms. The predicted molar refractivity (Wildman–Crippen MR) is 107 cm³/mol. The summed E-state index contributed by atoms with van der Waals surface area (Å²) in [5, 5.41) is 3.05. The van der Waals surface area contributed by atoms with E-state index < -0.39 is 0 Å². The third kappa shape index (κ3) is 4.36. The van der Waals surface area contributed by atoms with Crippen LogP contribution in [0.5, 0.6) is 17.2 Å². The minimum Gasteiger partial charge on any atom is -0.496 e. The van der Waals surface area contributed by atoms with E-state index in [4.69, 9.17) is 19.9 Å². The number of aromatic nitrogens is 1. The SMILES string of the molecule is COc1cc(OC)c(CN=C(N)N2CCN(c3nccs3)CC2)c(OC)c1. The lowest BCUT2D eigenvalue weighted by Crippen LogP contribution is -2.51. The van der Waals surface area contributed by atoms with Gasteiger partial charge in [0.1, 0.15) is 17.2 Å². The lowest BCUT2D eigenvalue weighted by molar-refractivity contribution is 0.367. The minimum absolute atomic E-state index is 0.370. The zero-order valence-corrected chi connectivity index (χ0v) is 16.7. The largest absolute Gasteiger partial charge is 0.496 e. The fraction of sp³-hybridized carbons (Fsp3) is 0.444. The van der Waals surface area contributed by atoms with Gasteiger partial charge in [-0.15, -0.1) is 11.3 Å². The van der Waals surface area contributed by atoms with E-state index in [2.05, 4.69) is 19.8 Å². The van der Waals surface area contributed by atoms with Crippen molar-refractivity contribution in [3.05, 3.63) is 29.3 Å². The summed E-state index contributed by atoms with van der Waals surface area (Å²) in [5.41, 5.74) is 7.08. The van der Waals surface area contributed by atoms with Gasteiger partial charge in [-0.25, -0.2) is 9.98 Å². The Morgan fingerprint density at radius 1 is 1.11 bits per heavy atom. The molecule has 1 saturated heterocycles. The number of nitrogens with two attached hydrogens (primary N) is 1. The molecular weight excluding hydrogens is 366 g/mol. The van der Waals surface area contributed by atoms with Crippen molar-refractivity contribution in [1.82, 2.24) is 9.88 Å². The molecule has 1 aliphatic heterocycles. The summed E-state index contributed by atoms with van der Waals surface area (Å²) in [4.78, 5) is 13.3. The molecular formula is C18H25N5O3S. The second-order valence-electron chi connectivity index (χ2n) is 5.97. The number of benzene rings is 1. The molecule has 0 unspecified atom stereocenters. The number of piperazine rings is 1. The van der Waals surface area contributed by atoms with Gasteiger partial charge >= 0.3 is 0 Å². The second kappa shape index (κ2) is 8.81. The molecule has 2 aromatic rings. The Hall–Kier alpha value is -2.68. The highest BCUT2D eigenvalue weighted by Crippen LogP contribution is 2.34. The molecule has 0 atom stereocenters. The lowest BCUT2D eigenvalue weighted by Gasteiger charge is -2.35. The molecule has 0 bridgehead atoms. The van der Waals surface area contributed by atoms with Crippen LogP contribution in [0, 0.1) is 0 Å². The minimum atomic E-state index is 0.370. The molecule has 0 radical (unpaired) electrons. The van der Waals surface area contributed by atoms with Crippen LogP contribution in [0.2, 0.25) is 0 Å². The average Bonchev–Trinajstić information content (AvgIpc) is 3.26. The van der Waals surface area contributed by atoms with Gasteiger partial charge in [-0.2, -0.15) is 0 Å². The van der Waals surface area contributed by atoms with Gasteiger partial charge in [-0.3, -0.25) is 0 Å². The molecule has 2 heterocycles. The van der Waals surface area contributed by atoms with E-state index in [1.54, 1.807) is 32.7 Å². The fourth-order valence-electron chi connectivity index (χ4n) is 2.99. The predicted octanol–water partition coefficient (Wildman–Crippen LogP) is 1.81. The maximum atomic E-state index is 6.24. The van der Waals surface area contributed by atoms with E-state index in [9.17, 15) is 0 Å². The number of rotatable bonds is 6. The number of hydrogen-bond donors (Lipinski definition) is 1. The summed E-state index contributed by atoms with van der Waals surface area (Å²) < 4.78 is 16.2. The maximum absolute atomic E-state index is 6.24. The van der Waals surface area contributed by atoms with Crippen LogP contribution in [0.15, 0.2) is 28.7 Å². The van der Waals surface area contributed by atoms with Crippen LogP contribution in [0.3, 0.4) is 0 Å². The first kappa shape index (κ1) is 19.1. The highest BCUT2D eigenvalue weighted by Gasteiger charge is 2.20. The number of anilines is 1. The van der Waals surface area contributed by atoms with Crippen LogP contribution < -0.4 is 24.8 Å². The molecule has 1 aliphatic rings. The first-order valence-electron chi connectivity index (χ1n) is 8.64. The van der Waals surface area contributed by atoms with Gasteiger partial charge in [0.05, 0.1) is 33.4 Å². The third-order valence-corrected chi connectivity index (χ3v) is 5.34. The highest BCUT2D eigenvalue weighted by molar-refractivity contribution is 7.13. The van der Waals surface area contributed by atoms with Crippen LogP contribution in [-0.4, -0.2) is 63.4 Å². The van der Waals surface area contributed by atoms with Crippen molar-refractivity contribution in [3.8, 4) is 17.2 Å². The smallest absolute Gasteiger partial charge is 0.191 e. The molecule has 1 aromatic carbocycles. The van der Waals surface area contributed by atoms with E-state index in [0.717, 1.165) is 36.9 Å². The van der Waals surface area contributed by atoms with E-state index in [1.165, 1.54) is 0 Å². The molecule has 1 fully saturated rings. The number of ether oxygens (including phenoxy) is 3. The van der Waals surface area contributed by atoms with Crippen molar-refractivity contribution in [2.45, 2.75) is 6.54 Å². The number of aliphatic imine (C=N–C) groups is 1. The molecule has 8 nitrogen and oxygen atoms in total. The van der Waals surface area contributed by atoms with Gasteiger partial charge in [-0.05, 0) is 0 Å². The first-order valence-corrected chi connectivity index (χ1v) is 9.52. The van der Waals surface area contributed by atoms with Crippen LogP contribution in [0.25, 0.3) is 0 Å². The van der Waals surface area contributed by atoms with Crippen molar-refractivity contribution >= 4 is 22.4 Å². The van der Waals surface area contributed by atoms with Crippen LogP contribution in [0.1, 0.15) is 5.56 Å². The number of nitrogens with zero attached hydrogens (tertiary/aromatic N) is 4. The van der Waals surface area contributed by atoms with E-state index in [-0.39, 0.29) is 0 Å². The second-order valence-corrected chi connectivity index (χ2v) is 6.85. The summed E-state index contributed by atoms with van der Waals surface area (Å²) in [6.07, 6.45) is 1.83. The Bertz CT molecular complexity index is 748. The summed E-state index contributed by atoms with van der Waals surface area (Å²) >= 11 is 1.65. The fourth-order valence-corrected chi connectivity index (χ4v) is 3.69. The number of methoxy groups -OCH3 is 3. The van der Waals surface area contributed by atoms with Crippen molar-refractivity contribution in [1.29, 1.82) is 0 Å². The summed E-state index contributed by atoms with van der Waals surface area (Å²) in [6.45, 7) is 3.74. The number of hydrogen-bond acceptors (Lipinski definition) is 7. The van der Waals surface area contributed by atoms with Crippen molar-refractivity contribution < 1.29 is 14.2 Å². The zero-order valence-electron chi connectivity index (χ0n) is 15.8. The van der Waals surface area contributed by atoms with Crippen LogP contribution >= 0.6 is 11.3 Å². The van der Waals surface area contributed by atoms with Gasteiger partial charge in [0.15, 0.2) is 11.1 Å². The summed E-state index contributed by atoms with van der Waals surface area (Å²) in [5.74, 6) is 2.52. The molecule has 2 N–H and O–H groups in total. The van der Waals surface area contributed by atoms with Crippen molar-refractivity contribution in [2.75, 3.05) is 52.4 Å². The standard InChI is InChI=1S/C18H25N5O3S/c1-24-13-10-15(25-2)14(16(11-13)26-3)12-21-17(19)22-5-7-23(8-6-22)18-20-4-9-27-18/h4,9-11H,5-8,12H2,1-3H3,(H2,19,21). The van der Waals surface area contributed by atoms with Gasteiger partial charge in [-0.1, -0.05) is 0 Å². The van der Waals surface area contributed by atoms with Crippen LogP contribution in [-0.2, 0) is 6.54 Å². The quantitative estimate of drug-likeness (QED) is 0.594. The van der Waals surface area contributed by atoms with Crippen molar-refractivity contribution in [3.63, 3.8) is 0 Å². The van der Waals surface area contributed by atoms with E-state index >= 15 is 0 Å². The van der Waals surface area contributed by atoms with Crippen LogP contribution in [0.4, 0.5) is 5.13 Å². The van der Waals surface area contributed by atoms with E-state index in [0.29, 0.717) is 29.8 Å². The molecule has 0 amide bonds. The topological polar surface area (TPSA) is 85.4 Å². The van der Waals surface area contributed by atoms with Gasteiger partial charge in [0.25, 0.3) is 0 Å². The molecule has 146 valence electrons. The molecule has 9 heteroatoms. The first-order chi connectivity index (χ1) is 13.2. The average molecular weight is 391 g/mol. The summed E-state index contributed by atoms with van der Waals surface area (Å²) in [7, 11) is 4.83. The normalized spacial score (nSPS) is 15.0. The highest BCUT2D eigenvalue weighted by atomic mass is 32.1. The monoisotopic (exact) mass is 391 g/mol. The molecule has 0 saturated carbocycles. The van der Waals surface area contributed by atoms with Crippen molar-refractivity contribution in [2.24, 2.45) is 10.7 Å².